The molecule has 1 aromatic heterocycles. The van der Waals surface area contributed by atoms with E-state index in [0.29, 0.717) is 11.7 Å². The lowest BCUT2D eigenvalue weighted by Gasteiger charge is -2.24. The van der Waals surface area contributed by atoms with Gasteiger partial charge in [0.05, 0.1) is 0 Å². The number of carbonyl (C=O) groups is 1. The maximum Gasteiger partial charge on any atom is 0.269 e. The molecular formula is C12H18N4O. The van der Waals surface area contributed by atoms with Crippen molar-refractivity contribution in [3.63, 3.8) is 0 Å². The first-order valence-corrected chi connectivity index (χ1v) is 5.95. The van der Waals surface area contributed by atoms with Crippen molar-refractivity contribution < 1.29 is 4.79 Å². The molecule has 0 aromatic carbocycles. The molecule has 0 saturated carbocycles. The summed E-state index contributed by atoms with van der Waals surface area (Å²) in [7, 11) is 1.61. The van der Waals surface area contributed by atoms with Gasteiger partial charge in [0.2, 0.25) is 0 Å². The number of nitrogens with one attached hydrogen (secondary N) is 3. The third kappa shape index (κ3) is 3.17. The Balaban J connectivity index is 2.02. The number of hydrogen-bond acceptors (Lipinski definition) is 4. The summed E-state index contributed by atoms with van der Waals surface area (Å²) in [5.41, 5.74) is 1.41. The molecule has 2 rings (SSSR count). The molecule has 5 heteroatoms. The fourth-order valence-corrected chi connectivity index (χ4v) is 1.97. The number of anilines is 1. The van der Waals surface area contributed by atoms with Crippen molar-refractivity contribution in [3.05, 3.63) is 24.0 Å². The molecule has 0 aliphatic carbocycles. The van der Waals surface area contributed by atoms with E-state index in [1.807, 2.05) is 6.07 Å². The highest BCUT2D eigenvalue weighted by atomic mass is 16.1. The van der Waals surface area contributed by atoms with Gasteiger partial charge in [-0.05, 0) is 38.1 Å². The minimum atomic E-state index is -0.154. The van der Waals surface area contributed by atoms with Crippen LogP contribution in [0.3, 0.4) is 0 Å². The number of carbonyl (C=O) groups excluding carboxylic acids is 1. The Kier molecular flexibility index (Phi) is 3.93. The third-order valence-corrected chi connectivity index (χ3v) is 2.93. The van der Waals surface area contributed by atoms with E-state index in [1.165, 1.54) is 0 Å². The fraction of sp³-hybridized carbons (Fsp3) is 0.500. The van der Waals surface area contributed by atoms with Crippen LogP contribution in [0.4, 0.5) is 5.69 Å². The van der Waals surface area contributed by atoms with Crippen LogP contribution in [0.25, 0.3) is 0 Å². The van der Waals surface area contributed by atoms with Crippen molar-refractivity contribution in [1.82, 2.24) is 15.6 Å². The Bertz CT molecular complexity index is 388. The van der Waals surface area contributed by atoms with Gasteiger partial charge in [-0.1, -0.05) is 0 Å². The van der Waals surface area contributed by atoms with E-state index in [-0.39, 0.29) is 5.91 Å². The average Bonchev–Trinajstić information content (AvgIpc) is 2.39. The maximum absolute atomic E-state index is 11.4. The normalized spacial score (nSPS) is 16.5. The Morgan fingerprint density at radius 2 is 2.24 bits per heavy atom. The first kappa shape index (κ1) is 11.9. The number of pyridine rings is 1. The van der Waals surface area contributed by atoms with Gasteiger partial charge in [0.1, 0.15) is 5.69 Å². The largest absolute Gasteiger partial charge is 0.382 e. The zero-order chi connectivity index (χ0) is 12.1. The van der Waals surface area contributed by atoms with E-state index < -0.39 is 0 Å². The highest BCUT2D eigenvalue weighted by Crippen LogP contribution is 2.13. The van der Waals surface area contributed by atoms with Gasteiger partial charge in [-0.15, -0.1) is 0 Å². The van der Waals surface area contributed by atoms with Gasteiger partial charge in [-0.25, -0.2) is 0 Å². The molecule has 2 heterocycles. The quantitative estimate of drug-likeness (QED) is 0.716. The van der Waals surface area contributed by atoms with E-state index >= 15 is 0 Å². The van der Waals surface area contributed by atoms with Crippen LogP contribution in [0, 0.1) is 0 Å². The number of hydrogen-bond donors (Lipinski definition) is 3. The van der Waals surface area contributed by atoms with Gasteiger partial charge in [0.25, 0.3) is 5.91 Å². The minimum absolute atomic E-state index is 0.154. The molecule has 1 aliphatic rings. The Morgan fingerprint density at radius 3 is 2.94 bits per heavy atom. The van der Waals surface area contributed by atoms with Crippen LogP contribution in [0.15, 0.2) is 18.3 Å². The first-order chi connectivity index (χ1) is 8.29. The summed E-state index contributed by atoms with van der Waals surface area (Å²) >= 11 is 0. The lowest BCUT2D eigenvalue weighted by atomic mass is 10.1. The highest BCUT2D eigenvalue weighted by molar-refractivity contribution is 5.92. The van der Waals surface area contributed by atoms with Crippen molar-refractivity contribution in [2.45, 2.75) is 18.9 Å². The Labute approximate surface area is 101 Å². The summed E-state index contributed by atoms with van der Waals surface area (Å²) in [6, 6.07) is 4.17. The van der Waals surface area contributed by atoms with Crippen LogP contribution in [0.5, 0.6) is 0 Å². The average molecular weight is 234 g/mol. The van der Waals surface area contributed by atoms with Crippen LogP contribution < -0.4 is 16.0 Å². The van der Waals surface area contributed by atoms with E-state index in [9.17, 15) is 4.79 Å². The zero-order valence-corrected chi connectivity index (χ0v) is 9.99. The minimum Gasteiger partial charge on any atom is -0.382 e. The molecule has 0 atom stereocenters. The van der Waals surface area contributed by atoms with Crippen LogP contribution >= 0.6 is 0 Å². The van der Waals surface area contributed by atoms with Crippen LogP contribution in [-0.2, 0) is 0 Å². The summed E-state index contributed by atoms with van der Waals surface area (Å²) in [6.07, 6.45) is 3.88. The number of rotatable bonds is 3. The molecular weight excluding hydrogens is 216 g/mol. The maximum atomic E-state index is 11.4. The predicted molar refractivity (Wildman–Crippen MR) is 67.1 cm³/mol. The summed E-state index contributed by atoms with van der Waals surface area (Å²) in [4.78, 5) is 15.5. The van der Waals surface area contributed by atoms with Gasteiger partial charge in [0, 0.05) is 25.0 Å². The monoisotopic (exact) mass is 234 g/mol. The number of aromatic nitrogens is 1. The SMILES string of the molecule is CNC(=O)c1cc(NC2CCNCC2)ccn1. The lowest BCUT2D eigenvalue weighted by Crippen LogP contribution is -2.35. The molecule has 0 radical (unpaired) electrons. The van der Waals surface area contributed by atoms with Gasteiger partial charge >= 0.3 is 0 Å². The number of piperidine rings is 1. The van der Waals surface area contributed by atoms with Crippen molar-refractivity contribution in [1.29, 1.82) is 0 Å². The molecule has 1 aromatic rings. The number of nitrogens with zero attached hydrogens (tertiary/aromatic N) is 1. The van der Waals surface area contributed by atoms with E-state index in [0.717, 1.165) is 31.6 Å². The molecule has 1 saturated heterocycles. The molecule has 5 nitrogen and oxygen atoms in total. The fourth-order valence-electron chi connectivity index (χ4n) is 1.97. The van der Waals surface area contributed by atoms with E-state index in [1.54, 1.807) is 19.3 Å². The third-order valence-electron chi connectivity index (χ3n) is 2.93. The van der Waals surface area contributed by atoms with Gasteiger partial charge in [-0.3, -0.25) is 9.78 Å². The van der Waals surface area contributed by atoms with Gasteiger partial charge in [-0.2, -0.15) is 0 Å². The molecule has 1 fully saturated rings. The standard InChI is InChI=1S/C12H18N4O/c1-13-12(17)11-8-10(4-7-15-11)16-9-2-5-14-6-3-9/h4,7-9,14H,2-3,5-6H2,1H3,(H,13,17)(H,15,16). The molecule has 17 heavy (non-hydrogen) atoms. The van der Waals surface area contributed by atoms with Crippen molar-refractivity contribution in [2.24, 2.45) is 0 Å². The molecule has 0 spiro atoms. The molecule has 1 aliphatic heterocycles. The summed E-state index contributed by atoms with van der Waals surface area (Å²) in [5, 5.41) is 9.34. The lowest BCUT2D eigenvalue weighted by molar-refractivity contribution is 0.0958. The van der Waals surface area contributed by atoms with Gasteiger partial charge in [0.15, 0.2) is 0 Å². The molecule has 0 bridgehead atoms. The van der Waals surface area contributed by atoms with E-state index in [4.69, 9.17) is 0 Å². The molecule has 92 valence electrons. The van der Waals surface area contributed by atoms with E-state index in [2.05, 4.69) is 20.9 Å². The van der Waals surface area contributed by atoms with Crippen molar-refractivity contribution in [3.8, 4) is 0 Å². The zero-order valence-electron chi connectivity index (χ0n) is 9.99. The Morgan fingerprint density at radius 1 is 1.47 bits per heavy atom. The van der Waals surface area contributed by atoms with Crippen LogP contribution in [0.1, 0.15) is 23.3 Å². The van der Waals surface area contributed by atoms with Crippen LogP contribution in [-0.4, -0.2) is 37.1 Å². The second-order valence-corrected chi connectivity index (χ2v) is 4.18. The number of amides is 1. The second kappa shape index (κ2) is 5.63. The summed E-state index contributed by atoms with van der Waals surface area (Å²) < 4.78 is 0. The van der Waals surface area contributed by atoms with Gasteiger partial charge < -0.3 is 16.0 Å². The topological polar surface area (TPSA) is 66.1 Å². The predicted octanol–water partition coefficient (Wildman–Crippen LogP) is 0.605. The van der Waals surface area contributed by atoms with Crippen molar-refractivity contribution >= 4 is 11.6 Å². The van der Waals surface area contributed by atoms with Crippen molar-refractivity contribution in [2.75, 3.05) is 25.5 Å². The summed E-state index contributed by atoms with van der Waals surface area (Å²) in [5.74, 6) is -0.154. The molecule has 0 unspecified atom stereocenters. The smallest absolute Gasteiger partial charge is 0.269 e. The second-order valence-electron chi connectivity index (χ2n) is 4.18. The first-order valence-electron chi connectivity index (χ1n) is 5.95. The highest BCUT2D eigenvalue weighted by Gasteiger charge is 2.13. The van der Waals surface area contributed by atoms with Crippen LogP contribution in [0.2, 0.25) is 0 Å². The molecule has 3 N–H and O–H groups in total. The summed E-state index contributed by atoms with van der Waals surface area (Å²) in [6.45, 7) is 2.09. The Hall–Kier alpha value is -1.62. The molecule has 1 amide bonds.